The summed E-state index contributed by atoms with van der Waals surface area (Å²) in [7, 11) is 0. The van der Waals surface area contributed by atoms with Crippen LogP contribution in [0.1, 0.15) is 88.2 Å². The first-order valence-electron chi connectivity index (χ1n) is 25.9. The minimum Gasteiger partial charge on any atom is -0.310 e. The summed E-state index contributed by atoms with van der Waals surface area (Å²) >= 11 is 0. The van der Waals surface area contributed by atoms with Crippen LogP contribution in [0.4, 0.5) is 34.1 Å². The Labute approximate surface area is 409 Å². The average molecular weight is 905 g/mol. The molecule has 0 spiro atoms. The van der Waals surface area contributed by atoms with Gasteiger partial charge in [0.25, 0.3) is 0 Å². The van der Waals surface area contributed by atoms with Gasteiger partial charge in [0, 0.05) is 65.8 Å². The van der Waals surface area contributed by atoms with Crippen LogP contribution in [0, 0.1) is 0 Å². The predicted octanol–water partition coefficient (Wildman–Crippen LogP) is 19.3. The van der Waals surface area contributed by atoms with Gasteiger partial charge < -0.3 is 18.6 Å². The number of para-hydroxylation sites is 4. The number of hydrogen-bond donors (Lipinski definition) is 0. The number of hydrogen-bond acceptors (Lipinski definition) is 2. The van der Waals surface area contributed by atoms with Crippen LogP contribution < -0.4 is 9.80 Å². The molecule has 0 amide bonds. The van der Waals surface area contributed by atoms with E-state index in [1.54, 1.807) is 0 Å². The Morgan fingerprint density at radius 1 is 0.429 bits per heavy atom. The summed E-state index contributed by atoms with van der Waals surface area (Å²) in [4.78, 5) is 4.96. The molecule has 70 heavy (non-hydrogen) atoms. The molecule has 4 nitrogen and oxygen atoms in total. The summed E-state index contributed by atoms with van der Waals surface area (Å²) < 4.78 is 5.13. The largest absolute Gasteiger partial charge is 0.310 e. The van der Waals surface area contributed by atoms with E-state index in [9.17, 15) is 0 Å². The van der Waals surface area contributed by atoms with Crippen molar-refractivity contribution in [1.29, 1.82) is 0 Å². The molecule has 1 aliphatic carbocycles. The Bertz CT molecular complexity index is 3770. The first-order chi connectivity index (χ1) is 34.7. The molecule has 4 heterocycles. The standard InChI is InChI=1S/C66H56N4/c1-3-18-43(4-2)45-29-33-49(34-30-45)67(47-21-10-6-11-22-47)59-39-37-51-55-41-62-56(42-61(55)69-57-27-16-14-25-53(57)63(59)65(51)69)52-38-40-60(64-54-26-15-17-28-58(54)70(62)66(52)64)68(48-23-12-7-13-24-48)50-35-31-46(32-36-50)44-19-8-5-9-20-44/h6-7,10-17,21-44H,3-5,8-9,18-20H2,1-2H3. The normalized spacial score (nSPS) is 14.2. The molecule has 0 saturated heterocycles. The third-order valence-electron chi connectivity index (χ3n) is 16.3. The highest BCUT2D eigenvalue weighted by atomic mass is 15.2. The van der Waals surface area contributed by atoms with Crippen molar-refractivity contribution in [2.24, 2.45) is 0 Å². The van der Waals surface area contributed by atoms with Gasteiger partial charge in [-0.15, -0.1) is 0 Å². The van der Waals surface area contributed by atoms with E-state index in [4.69, 9.17) is 0 Å². The number of aromatic nitrogens is 2. The van der Waals surface area contributed by atoms with Crippen molar-refractivity contribution >= 4 is 110 Å². The van der Waals surface area contributed by atoms with Crippen molar-refractivity contribution < 1.29 is 0 Å². The fourth-order valence-electron chi connectivity index (χ4n) is 13.0. The van der Waals surface area contributed by atoms with Gasteiger partial charge in [-0.1, -0.05) is 149 Å². The van der Waals surface area contributed by atoms with Crippen LogP contribution in [0.5, 0.6) is 0 Å². The molecule has 0 N–H and O–H groups in total. The predicted molar refractivity (Wildman–Crippen MR) is 299 cm³/mol. The molecule has 13 aromatic rings. The van der Waals surface area contributed by atoms with Gasteiger partial charge in [0.15, 0.2) is 0 Å². The Balaban J connectivity index is 0.995. The molecule has 0 bridgehead atoms. The first kappa shape index (κ1) is 41.2. The van der Waals surface area contributed by atoms with Crippen LogP contribution in [-0.4, -0.2) is 8.80 Å². The van der Waals surface area contributed by atoms with Gasteiger partial charge in [-0.05, 0) is 134 Å². The van der Waals surface area contributed by atoms with Crippen LogP contribution in [-0.2, 0) is 0 Å². The molecule has 9 aromatic carbocycles. The van der Waals surface area contributed by atoms with E-state index in [2.05, 4.69) is 227 Å². The highest BCUT2D eigenvalue weighted by molar-refractivity contribution is 6.32. The minimum absolute atomic E-state index is 0.578. The van der Waals surface area contributed by atoms with E-state index in [1.165, 1.54) is 155 Å². The average Bonchev–Trinajstić information content (AvgIpc) is 4.15. The van der Waals surface area contributed by atoms with E-state index in [1.807, 2.05) is 0 Å². The molecule has 1 aliphatic rings. The smallest absolute Gasteiger partial charge is 0.0641 e. The van der Waals surface area contributed by atoms with Gasteiger partial charge in [-0.3, -0.25) is 0 Å². The van der Waals surface area contributed by atoms with Gasteiger partial charge in [0.2, 0.25) is 0 Å². The molecule has 1 saturated carbocycles. The Hall–Kier alpha value is -7.82. The third kappa shape index (κ3) is 6.15. The number of nitrogens with zero attached hydrogens (tertiary/aromatic N) is 4. The zero-order valence-electron chi connectivity index (χ0n) is 40.1. The summed E-state index contributed by atoms with van der Waals surface area (Å²) in [6, 6.07) is 73.5. The molecule has 0 radical (unpaired) electrons. The van der Waals surface area contributed by atoms with Gasteiger partial charge in [0.05, 0.1) is 44.5 Å². The lowest BCUT2D eigenvalue weighted by atomic mass is 9.84. The van der Waals surface area contributed by atoms with Crippen molar-refractivity contribution in [3.8, 4) is 0 Å². The number of rotatable bonds is 11. The van der Waals surface area contributed by atoms with Crippen molar-refractivity contribution in [3.63, 3.8) is 0 Å². The number of fused-ring (bicyclic) bond motifs is 12. The maximum atomic E-state index is 2.57. The second kappa shape index (κ2) is 16.4. The summed E-state index contributed by atoms with van der Waals surface area (Å²) in [5, 5.41) is 10.2. The van der Waals surface area contributed by atoms with Gasteiger partial charge in [-0.2, -0.15) is 0 Å². The van der Waals surface area contributed by atoms with Crippen molar-refractivity contribution in [1.82, 2.24) is 8.80 Å². The van der Waals surface area contributed by atoms with Gasteiger partial charge in [0.1, 0.15) is 0 Å². The topological polar surface area (TPSA) is 15.3 Å². The highest BCUT2D eigenvalue weighted by Crippen LogP contribution is 2.51. The molecule has 1 atom stereocenters. The van der Waals surface area contributed by atoms with Crippen molar-refractivity contribution in [2.45, 2.75) is 77.0 Å². The van der Waals surface area contributed by atoms with E-state index < -0.39 is 0 Å². The van der Waals surface area contributed by atoms with E-state index in [-0.39, 0.29) is 0 Å². The Morgan fingerprint density at radius 2 is 0.886 bits per heavy atom. The van der Waals surface area contributed by atoms with Gasteiger partial charge >= 0.3 is 0 Å². The molecule has 1 unspecified atom stereocenters. The van der Waals surface area contributed by atoms with E-state index in [0.717, 1.165) is 17.8 Å². The second-order valence-corrected chi connectivity index (χ2v) is 20.1. The molecule has 0 aliphatic heterocycles. The Morgan fingerprint density at radius 3 is 1.37 bits per heavy atom. The molecular formula is C66H56N4. The molecule has 4 aromatic heterocycles. The lowest BCUT2D eigenvalue weighted by molar-refractivity contribution is 0.443. The fraction of sp³-hybridized carbons (Fsp3) is 0.182. The molecular weight excluding hydrogens is 849 g/mol. The summed E-state index contributed by atoms with van der Waals surface area (Å²) in [6.45, 7) is 4.62. The van der Waals surface area contributed by atoms with E-state index >= 15 is 0 Å². The SMILES string of the molecule is CCCC(CC)c1ccc(N(c2ccccc2)c2ccc3c4cc5c(cc4n4c6ccccc6c2c34)c2ccc(N(c3ccccc3)c3ccc(C4CCCCC4)cc3)c3c4ccccc4n5c23)cc1. The number of anilines is 6. The summed E-state index contributed by atoms with van der Waals surface area (Å²) in [6.07, 6.45) is 10.2. The molecule has 14 rings (SSSR count). The first-order valence-corrected chi connectivity index (χ1v) is 25.9. The maximum Gasteiger partial charge on any atom is 0.0641 e. The zero-order valence-corrected chi connectivity index (χ0v) is 40.1. The van der Waals surface area contributed by atoms with Crippen LogP contribution in [0.15, 0.2) is 194 Å². The zero-order chi connectivity index (χ0) is 46.5. The Kier molecular flexibility index (Phi) is 9.66. The fourth-order valence-corrected chi connectivity index (χ4v) is 13.0. The van der Waals surface area contributed by atoms with Crippen LogP contribution >= 0.6 is 0 Å². The lowest BCUT2D eigenvalue weighted by Gasteiger charge is -2.28. The van der Waals surface area contributed by atoms with Crippen LogP contribution in [0.3, 0.4) is 0 Å². The number of benzene rings is 9. The van der Waals surface area contributed by atoms with E-state index in [0.29, 0.717) is 11.8 Å². The maximum absolute atomic E-state index is 2.57. The van der Waals surface area contributed by atoms with Crippen LogP contribution in [0.25, 0.3) is 76.2 Å². The summed E-state index contributed by atoms with van der Waals surface area (Å²) in [5.74, 6) is 1.24. The monoisotopic (exact) mass is 904 g/mol. The molecule has 1 fully saturated rings. The second-order valence-electron chi connectivity index (χ2n) is 20.1. The van der Waals surface area contributed by atoms with Crippen molar-refractivity contribution in [2.75, 3.05) is 9.80 Å². The third-order valence-corrected chi connectivity index (χ3v) is 16.3. The van der Waals surface area contributed by atoms with Crippen LogP contribution in [0.2, 0.25) is 0 Å². The lowest BCUT2D eigenvalue weighted by Crippen LogP contribution is -2.11. The summed E-state index contributed by atoms with van der Waals surface area (Å²) in [5.41, 5.74) is 17.5. The quantitative estimate of drug-likeness (QED) is 0.128. The highest BCUT2D eigenvalue weighted by Gasteiger charge is 2.28. The van der Waals surface area contributed by atoms with Crippen molar-refractivity contribution in [3.05, 3.63) is 205 Å². The van der Waals surface area contributed by atoms with Gasteiger partial charge in [-0.25, -0.2) is 0 Å². The molecule has 4 heteroatoms. The minimum atomic E-state index is 0.578. The molecule has 340 valence electrons.